The molecule has 2 atom stereocenters. The molecule has 0 bridgehead atoms. The Hall–Kier alpha value is -0.930. The van der Waals surface area contributed by atoms with Gasteiger partial charge in [0.25, 0.3) is 0 Å². The van der Waals surface area contributed by atoms with Crippen LogP contribution in [-0.4, -0.2) is 18.8 Å². The molecular weight excluding hydrogens is 183 g/mol. The third-order valence-electron chi connectivity index (χ3n) is 2.28. The van der Waals surface area contributed by atoms with Crippen molar-refractivity contribution in [3.05, 3.63) is 35.6 Å². The van der Waals surface area contributed by atoms with Gasteiger partial charge in [-0.1, -0.05) is 12.1 Å². The lowest BCUT2D eigenvalue weighted by Gasteiger charge is -2.09. The van der Waals surface area contributed by atoms with Crippen LogP contribution in [0.1, 0.15) is 12.5 Å². The van der Waals surface area contributed by atoms with Crippen molar-refractivity contribution in [1.29, 1.82) is 0 Å². The van der Waals surface area contributed by atoms with Crippen LogP contribution in [0.3, 0.4) is 0 Å². The van der Waals surface area contributed by atoms with E-state index < -0.39 is 0 Å². The van der Waals surface area contributed by atoms with Crippen LogP contribution in [0.25, 0.3) is 0 Å². The van der Waals surface area contributed by atoms with E-state index in [0.717, 1.165) is 12.2 Å². The van der Waals surface area contributed by atoms with Crippen molar-refractivity contribution in [2.24, 2.45) is 0 Å². The Bertz CT molecular complexity index is 310. The molecule has 14 heavy (non-hydrogen) atoms. The SMILES string of the molecule is C[C@@H](OCc1cccc(F)c1)[C@H]1CO1. The Balaban J connectivity index is 1.84. The van der Waals surface area contributed by atoms with Gasteiger partial charge in [0.15, 0.2) is 0 Å². The van der Waals surface area contributed by atoms with E-state index in [1.54, 1.807) is 6.07 Å². The topological polar surface area (TPSA) is 21.8 Å². The van der Waals surface area contributed by atoms with E-state index in [-0.39, 0.29) is 18.0 Å². The molecule has 2 rings (SSSR count). The summed E-state index contributed by atoms with van der Waals surface area (Å²) in [7, 11) is 0. The van der Waals surface area contributed by atoms with Crippen LogP contribution in [0, 0.1) is 5.82 Å². The van der Waals surface area contributed by atoms with Crippen molar-refractivity contribution in [2.45, 2.75) is 25.7 Å². The Labute approximate surface area is 82.6 Å². The monoisotopic (exact) mass is 196 g/mol. The molecular formula is C11H13FO2. The predicted octanol–water partition coefficient (Wildman–Crippen LogP) is 2.13. The van der Waals surface area contributed by atoms with E-state index in [2.05, 4.69) is 0 Å². The minimum absolute atomic E-state index is 0.0956. The second-order valence-corrected chi connectivity index (χ2v) is 3.52. The first-order chi connectivity index (χ1) is 6.75. The number of hydrogen-bond donors (Lipinski definition) is 0. The summed E-state index contributed by atoms with van der Waals surface area (Å²) in [5.41, 5.74) is 0.859. The highest BCUT2D eigenvalue weighted by atomic mass is 19.1. The van der Waals surface area contributed by atoms with E-state index in [1.807, 2.05) is 13.0 Å². The van der Waals surface area contributed by atoms with Crippen LogP contribution in [0.15, 0.2) is 24.3 Å². The zero-order chi connectivity index (χ0) is 9.97. The van der Waals surface area contributed by atoms with Gasteiger partial charge in [-0.25, -0.2) is 4.39 Å². The van der Waals surface area contributed by atoms with Crippen LogP contribution in [0.4, 0.5) is 4.39 Å². The molecule has 0 N–H and O–H groups in total. The molecule has 2 nitrogen and oxygen atoms in total. The maximum absolute atomic E-state index is 12.8. The van der Waals surface area contributed by atoms with Crippen molar-refractivity contribution >= 4 is 0 Å². The van der Waals surface area contributed by atoms with Crippen LogP contribution in [-0.2, 0) is 16.1 Å². The first-order valence-electron chi connectivity index (χ1n) is 4.73. The molecule has 0 aliphatic carbocycles. The molecule has 0 saturated carbocycles. The number of halogens is 1. The van der Waals surface area contributed by atoms with Gasteiger partial charge in [-0.05, 0) is 24.6 Å². The summed E-state index contributed by atoms with van der Waals surface area (Å²) in [5, 5.41) is 0. The maximum atomic E-state index is 12.8. The average Bonchev–Trinajstić information content (AvgIpc) is 2.97. The summed E-state index contributed by atoms with van der Waals surface area (Å²) in [6.45, 7) is 3.19. The Morgan fingerprint density at radius 3 is 3.07 bits per heavy atom. The molecule has 1 saturated heterocycles. The van der Waals surface area contributed by atoms with Gasteiger partial charge in [-0.3, -0.25) is 0 Å². The summed E-state index contributed by atoms with van der Waals surface area (Å²) >= 11 is 0. The van der Waals surface area contributed by atoms with Crippen LogP contribution in [0.5, 0.6) is 0 Å². The van der Waals surface area contributed by atoms with Gasteiger partial charge in [-0.2, -0.15) is 0 Å². The Morgan fingerprint density at radius 2 is 2.43 bits per heavy atom. The van der Waals surface area contributed by atoms with E-state index in [9.17, 15) is 4.39 Å². The van der Waals surface area contributed by atoms with E-state index in [4.69, 9.17) is 9.47 Å². The minimum Gasteiger partial charge on any atom is -0.371 e. The first kappa shape index (κ1) is 9.62. The van der Waals surface area contributed by atoms with E-state index in [0.29, 0.717) is 6.61 Å². The highest BCUT2D eigenvalue weighted by Crippen LogP contribution is 2.17. The Morgan fingerprint density at radius 1 is 1.64 bits per heavy atom. The minimum atomic E-state index is -0.221. The number of hydrogen-bond acceptors (Lipinski definition) is 2. The summed E-state index contributed by atoms with van der Waals surface area (Å²) in [6.07, 6.45) is 0.335. The number of benzene rings is 1. The smallest absolute Gasteiger partial charge is 0.123 e. The van der Waals surface area contributed by atoms with Gasteiger partial charge in [0.1, 0.15) is 11.9 Å². The largest absolute Gasteiger partial charge is 0.371 e. The second-order valence-electron chi connectivity index (χ2n) is 3.52. The van der Waals surface area contributed by atoms with Crippen molar-refractivity contribution in [3.63, 3.8) is 0 Å². The molecule has 1 heterocycles. The zero-order valence-corrected chi connectivity index (χ0v) is 8.07. The van der Waals surface area contributed by atoms with Gasteiger partial charge < -0.3 is 9.47 Å². The first-order valence-corrected chi connectivity index (χ1v) is 4.73. The molecule has 1 aromatic rings. The van der Waals surface area contributed by atoms with Crippen LogP contribution in [0.2, 0.25) is 0 Å². The predicted molar refractivity (Wildman–Crippen MR) is 50.4 cm³/mol. The van der Waals surface area contributed by atoms with Gasteiger partial charge in [-0.15, -0.1) is 0 Å². The fraction of sp³-hybridized carbons (Fsp3) is 0.455. The van der Waals surface area contributed by atoms with Crippen LogP contribution >= 0.6 is 0 Å². The molecule has 0 spiro atoms. The quantitative estimate of drug-likeness (QED) is 0.688. The fourth-order valence-corrected chi connectivity index (χ4v) is 1.29. The molecule has 3 heteroatoms. The number of ether oxygens (including phenoxy) is 2. The van der Waals surface area contributed by atoms with Crippen molar-refractivity contribution in [1.82, 2.24) is 0 Å². The standard InChI is InChI=1S/C11H13FO2/c1-8(11-7-14-11)13-6-9-3-2-4-10(12)5-9/h2-5,8,11H,6-7H2,1H3/t8-,11-/m1/s1. The molecule has 0 unspecified atom stereocenters. The molecule has 0 radical (unpaired) electrons. The van der Waals surface area contributed by atoms with Gasteiger partial charge in [0.05, 0.1) is 19.3 Å². The van der Waals surface area contributed by atoms with Crippen molar-refractivity contribution < 1.29 is 13.9 Å². The van der Waals surface area contributed by atoms with Crippen molar-refractivity contribution in [2.75, 3.05) is 6.61 Å². The zero-order valence-electron chi connectivity index (χ0n) is 8.07. The van der Waals surface area contributed by atoms with Crippen molar-refractivity contribution in [3.8, 4) is 0 Å². The molecule has 0 aromatic heterocycles. The molecule has 0 amide bonds. The Kier molecular flexibility index (Phi) is 2.79. The molecule has 1 fully saturated rings. The van der Waals surface area contributed by atoms with Gasteiger partial charge in [0.2, 0.25) is 0 Å². The third-order valence-corrected chi connectivity index (χ3v) is 2.28. The average molecular weight is 196 g/mol. The highest BCUT2D eigenvalue weighted by molar-refractivity contribution is 5.15. The molecule has 1 aliphatic heterocycles. The number of epoxide rings is 1. The summed E-state index contributed by atoms with van der Waals surface area (Å²) < 4.78 is 23.4. The van der Waals surface area contributed by atoms with Gasteiger partial charge >= 0.3 is 0 Å². The summed E-state index contributed by atoms with van der Waals surface area (Å²) in [4.78, 5) is 0. The third kappa shape index (κ3) is 2.53. The van der Waals surface area contributed by atoms with Crippen LogP contribution < -0.4 is 0 Å². The highest BCUT2D eigenvalue weighted by Gasteiger charge is 2.29. The molecule has 1 aliphatic rings. The number of rotatable bonds is 4. The van der Waals surface area contributed by atoms with E-state index >= 15 is 0 Å². The summed E-state index contributed by atoms with van der Waals surface area (Å²) in [5.74, 6) is -0.221. The summed E-state index contributed by atoms with van der Waals surface area (Å²) in [6, 6.07) is 6.45. The molecule has 76 valence electrons. The maximum Gasteiger partial charge on any atom is 0.123 e. The lowest BCUT2D eigenvalue weighted by atomic mass is 10.2. The lowest BCUT2D eigenvalue weighted by Crippen LogP contribution is -2.14. The van der Waals surface area contributed by atoms with Gasteiger partial charge in [0, 0.05) is 0 Å². The lowest BCUT2D eigenvalue weighted by molar-refractivity contribution is 0.0339. The molecule has 1 aromatic carbocycles. The van der Waals surface area contributed by atoms with E-state index in [1.165, 1.54) is 12.1 Å². The fourth-order valence-electron chi connectivity index (χ4n) is 1.29. The normalized spacial score (nSPS) is 22.0. The second kappa shape index (κ2) is 4.07.